The molecule has 3 nitrogen and oxygen atoms in total. The number of allylic oxidation sites excluding steroid dienone is 1. The molecule has 0 atom stereocenters. The third-order valence-corrected chi connectivity index (χ3v) is 2.37. The first-order chi connectivity index (χ1) is 6.22. The number of rotatable bonds is 3. The number of thiazole rings is 1. The highest BCUT2D eigenvalue weighted by atomic mass is 32.1. The summed E-state index contributed by atoms with van der Waals surface area (Å²) in [7, 11) is 0. The lowest BCUT2D eigenvalue weighted by Crippen LogP contribution is -2.19. The molecule has 70 valence electrons. The van der Waals surface area contributed by atoms with E-state index in [0.29, 0.717) is 6.54 Å². The average Bonchev–Trinajstić information content (AvgIpc) is 2.49. The van der Waals surface area contributed by atoms with Crippen molar-refractivity contribution < 1.29 is 4.79 Å². The van der Waals surface area contributed by atoms with Gasteiger partial charge in [-0.3, -0.25) is 4.79 Å². The molecule has 0 saturated carbocycles. The molecule has 1 amide bonds. The number of aromatic nitrogens is 1. The van der Waals surface area contributed by atoms with Crippen LogP contribution in [0.3, 0.4) is 0 Å². The van der Waals surface area contributed by atoms with E-state index in [-0.39, 0.29) is 5.91 Å². The number of nitrogens with one attached hydrogen (secondary N) is 1. The van der Waals surface area contributed by atoms with Gasteiger partial charge in [0.05, 0.1) is 6.54 Å². The zero-order valence-electron chi connectivity index (χ0n) is 7.70. The van der Waals surface area contributed by atoms with Crippen LogP contribution < -0.4 is 5.32 Å². The monoisotopic (exact) mass is 196 g/mol. The standard InChI is InChI=1S/C9H12N2OS/c1-3-4-8(12)10-5-9-11-7(2)6-13-9/h3-4,6H,5H2,1-2H3,(H,10,12)/b4-3+. The summed E-state index contributed by atoms with van der Waals surface area (Å²) in [5, 5.41) is 5.64. The van der Waals surface area contributed by atoms with Gasteiger partial charge < -0.3 is 5.32 Å². The number of carbonyl (C=O) groups excluding carboxylic acids is 1. The zero-order chi connectivity index (χ0) is 9.68. The first-order valence-electron chi connectivity index (χ1n) is 4.04. The van der Waals surface area contributed by atoms with Crippen molar-refractivity contribution in [3.05, 3.63) is 28.2 Å². The number of amides is 1. The quantitative estimate of drug-likeness (QED) is 0.747. The molecule has 13 heavy (non-hydrogen) atoms. The van der Waals surface area contributed by atoms with Crippen LogP contribution in [0.2, 0.25) is 0 Å². The van der Waals surface area contributed by atoms with E-state index in [9.17, 15) is 4.79 Å². The minimum Gasteiger partial charge on any atom is -0.346 e. The Labute approximate surface area is 81.5 Å². The van der Waals surface area contributed by atoms with Crippen LogP contribution in [0.25, 0.3) is 0 Å². The van der Waals surface area contributed by atoms with Crippen molar-refractivity contribution in [2.24, 2.45) is 0 Å². The largest absolute Gasteiger partial charge is 0.346 e. The molecule has 1 N–H and O–H groups in total. The summed E-state index contributed by atoms with van der Waals surface area (Å²) in [5.41, 5.74) is 1.00. The van der Waals surface area contributed by atoms with Crippen molar-refractivity contribution in [2.45, 2.75) is 20.4 Å². The van der Waals surface area contributed by atoms with Crippen molar-refractivity contribution in [3.63, 3.8) is 0 Å². The van der Waals surface area contributed by atoms with Crippen molar-refractivity contribution in [1.82, 2.24) is 10.3 Å². The highest BCUT2D eigenvalue weighted by molar-refractivity contribution is 7.09. The van der Waals surface area contributed by atoms with Gasteiger partial charge in [-0.05, 0) is 19.9 Å². The van der Waals surface area contributed by atoms with Gasteiger partial charge in [-0.2, -0.15) is 0 Å². The van der Waals surface area contributed by atoms with Crippen molar-refractivity contribution in [1.29, 1.82) is 0 Å². The number of nitrogens with zero attached hydrogens (tertiary/aromatic N) is 1. The van der Waals surface area contributed by atoms with E-state index in [0.717, 1.165) is 10.7 Å². The smallest absolute Gasteiger partial charge is 0.243 e. The van der Waals surface area contributed by atoms with E-state index in [1.165, 1.54) is 6.08 Å². The van der Waals surface area contributed by atoms with E-state index in [1.807, 2.05) is 19.2 Å². The van der Waals surface area contributed by atoms with Crippen molar-refractivity contribution >= 4 is 17.2 Å². The Kier molecular flexibility index (Phi) is 3.64. The third kappa shape index (κ3) is 3.38. The predicted molar refractivity (Wildman–Crippen MR) is 53.5 cm³/mol. The van der Waals surface area contributed by atoms with Gasteiger partial charge >= 0.3 is 0 Å². The maximum absolute atomic E-state index is 11.0. The fraction of sp³-hybridized carbons (Fsp3) is 0.333. The van der Waals surface area contributed by atoms with E-state index < -0.39 is 0 Å². The maximum Gasteiger partial charge on any atom is 0.243 e. The van der Waals surface area contributed by atoms with Gasteiger partial charge in [0.2, 0.25) is 5.91 Å². The van der Waals surface area contributed by atoms with Gasteiger partial charge in [-0.1, -0.05) is 6.08 Å². The molecule has 0 fully saturated rings. The fourth-order valence-corrected chi connectivity index (χ4v) is 1.57. The first kappa shape index (κ1) is 9.92. The van der Waals surface area contributed by atoms with Gasteiger partial charge in [0.15, 0.2) is 0 Å². The Morgan fingerprint density at radius 3 is 3.08 bits per heavy atom. The van der Waals surface area contributed by atoms with Crippen molar-refractivity contribution in [2.75, 3.05) is 0 Å². The summed E-state index contributed by atoms with van der Waals surface area (Å²) < 4.78 is 0. The molecule has 0 unspecified atom stereocenters. The van der Waals surface area contributed by atoms with E-state index >= 15 is 0 Å². The molecule has 0 saturated heterocycles. The molecule has 1 rings (SSSR count). The fourth-order valence-electron chi connectivity index (χ4n) is 0.857. The number of hydrogen-bond acceptors (Lipinski definition) is 3. The Hall–Kier alpha value is -1.16. The third-order valence-electron chi connectivity index (χ3n) is 1.40. The maximum atomic E-state index is 11.0. The van der Waals surface area contributed by atoms with E-state index in [4.69, 9.17) is 0 Å². The molecule has 1 aromatic rings. The van der Waals surface area contributed by atoms with Crippen molar-refractivity contribution in [3.8, 4) is 0 Å². The number of carbonyl (C=O) groups is 1. The lowest BCUT2D eigenvalue weighted by Gasteiger charge is -1.96. The van der Waals surface area contributed by atoms with Gasteiger partial charge in [0.25, 0.3) is 0 Å². The Balaban J connectivity index is 2.39. The summed E-state index contributed by atoms with van der Waals surface area (Å²) >= 11 is 1.56. The van der Waals surface area contributed by atoms with Gasteiger partial charge in [-0.15, -0.1) is 11.3 Å². The molecule has 0 aliphatic rings. The second-order valence-corrected chi connectivity index (χ2v) is 3.54. The summed E-state index contributed by atoms with van der Waals surface area (Å²) in [6, 6.07) is 0. The summed E-state index contributed by atoms with van der Waals surface area (Å²) in [5.74, 6) is -0.0737. The van der Waals surface area contributed by atoms with Gasteiger partial charge in [-0.25, -0.2) is 4.98 Å². The lowest BCUT2D eigenvalue weighted by molar-refractivity contribution is -0.116. The lowest BCUT2D eigenvalue weighted by atomic mass is 10.5. The first-order valence-corrected chi connectivity index (χ1v) is 4.92. The highest BCUT2D eigenvalue weighted by Gasteiger charge is 1.99. The second-order valence-electron chi connectivity index (χ2n) is 2.60. The average molecular weight is 196 g/mol. The number of hydrogen-bond donors (Lipinski definition) is 1. The molecule has 0 aliphatic carbocycles. The Morgan fingerprint density at radius 1 is 1.77 bits per heavy atom. The minimum absolute atomic E-state index is 0.0737. The topological polar surface area (TPSA) is 42.0 Å². The summed E-state index contributed by atoms with van der Waals surface area (Å²) in [4.78, 5) is 15.2. The summed E-state index contributed by atoms with van der Waals surface area (Å²) in [6.45, 7) is 4.27. The van der Waals surface area contributed by atoms with Crippen LogP contribution in [-0.2, 0) is 11.3 Å². The second kappa shape index (κ2) is 4.77. The van der Waals surface area contributed by atoms with Crippen LogP contribution in [0.4, 0.5) is 0 Å². The normalized spacial score (nSPS) is 10.6. The molecule has 4 heteroatoms. The van der Waals surface area contributed by atoms with E-state index in [1.54, 1.807) is 17.4 Å². The Bertz CT molecular complexity index is 317. The molecular weight excluding hydrogens is 184 g/mol. The van der Waals surface area contributed by atoms with Gasteiger partial charge in [0.1, 0.15) is 5.01 Å². The molecule has 1 heterocycles. The molecule has 0 spiro atoms. The molecule has 0 radical (unpaired) electrons. The molecule has 0 aromatic carbocycles. The SMILES string of the molecule is C/C=C/C(=O)NCc1nc(C)cs1. The summed E-state index contributed by atoms with van der Waals surface area (Å²) in [6.07, 6.45) is 3.21. The zero-order valence-corrected chi connectivity index (χ0v) is 8.52. The van der Waals surface area contributed by atoms with Crippen LogP contribution in [-0.4, -0.2) is 10.9 Å². The van der Waals surface area contributed by atoms with Crippen LogP contribution in [0.1, 0.15) is 17.6 Å². The molecule has 0 bridgehead atoms. The molecule has 0 aliphatic heterocycles. The van der Waals surface area contributed by atoms with E-state index in [2.05, 4.69) is 10.3 Å². The van der Waals surface area contributed by atoms with Crippen LogP contribution >= 0.6 is 11.3 Å². The minimum atomic E-state index is -0.0737. The van der Waals surface area contributed by atoms with Crippen LogP contribution in [0, 0.1) is 6.92 Å². The molecule has 1 aromatic heterocycles. The Morgan fingerprint density at radius 2 is 2.54 bits per heavy atom. The van der Waals surface area contributed by atoms with Crippen LogP contribution in [0.15, 0.2) is 17.5 Å². The molecular formula is C9H12N2OS. The van der Waals surface area contributed by atoms with Crippen LogP contribution in [0.5, 0.6) is 0 Å². The predicted octanol–water partition coefficient (Wildman–Crippen LogP) is 1.64. The van der Waals surface area contributed by atoms with Gasteiger partial charge in [0, 0.05) is 11.1 Å². The number of aryl methyl sites for hydroxylation is 1. The highest BCUT2D eigenvalue weighted by Crippen LogP contribution is 2.07.